The van der Waals surface area contributed by atoms with Crippen LogP contribution < -0.4 is 14.8 Å². The molecule has 4 nitrogen and oxygen atoms in total. The van der Waals surface area contributed by atoms with Gasteiger partial charge in [-0.05, 0) is 24.1 Å². The number of hydrogen-bond donors (Lipinski definition) is 1. The third-order valence-corrected chi connectivity index (χ3v) is 2.67. The van der Waals surface area contributed by atoms with Gasteiger partial charge in [0.05, 0.1) is 14.2 Å². The number of hydrogen-bond acceptors (Lipinski definition) is 3. The Hall–Kier alpha value is -2.36. The Morgan fingerprint density at radius 1 is 1.29 bits per heavy atom. The van der Waals surface area contributed by atoms with Gasteiger partial charge in [0.15, 0.2) is 0 Å². The Morgan fingerprint density at radius 3 is 2.19 bits per heavy atom. The van der Waals surface area contributed by atoms with Gasteiger partial charge in [-0.2, -0.15) is 13.2 Å². The highest BCUT2D eigenvalue weighted by Crippen LogP contribution is 2.29. The lowest BCUT2D eigenvalue weighted by atomic mass is 10.1. The second-order valence-electron chi connectivity index (χ2n) is 4.02. The van der Waals surface area contributed by atoms with Crippen molar-refractivity contribution in [2.75, 3.05) is 20.8 Å². The fraction of sp³-hybridized carbons (Fsp3) is 0.357. The number of terminal acetylenes is 1. The molecule has 0 aliphatic carbocycles. The van der Waals surface area contributed by atoms with Crippen LogP contribution in [0, 0.1) is 12.3 Å². The van der Waals surface area contributed by atoms with E-state index in [1.54, 1.807) is 17.4 Å². The van der Waals surface area contributed by atoms with Gasteiger partial charge in [0.2, 0.25) is 0 Å². The van der Waals surface area contributed by atoms with Gasteiger partial charge in [-0.3, -0.25) is 4.79 Å². The Bertz CT molecular complexity index is 537. The van der Waals surface area contributed by atoms with Gasteiger partial charge >= 0.3 is 12.1 Å². The second kappa shape index (κ2) is 6.88. The van der Waals surface area contributed by atoms with E-state index < -0.39 is 12.1 Å². The average Bonchev–Trinajstić information content (AvgIpc) is 2.44. The van der Waals surface area contributed by atoms with Crippen LogP contribution >= 0.6 is 0 Å². The topological polar surface area (TPSA) is 47.6 Å². The lowest BCUT2D eigenvalue weighted by Gasteiger charge is -2.12. The van der Waals surface area contributed by atoms with Crippen molar-refractivity contribution in [3.8, 4) is 23.8 Å². The smallest absolute Gasteiger partial charge is 0.471 e. The van der Waals surface area contributed by atoms with E-state index in [9.17, 15) is 18.0 Å². The predicted molar refractivity (Wildman–Crippen MR) is 70.2 cm³/mol. The van der Waals surface area contributed by atoms with Crippen molar-refractivity contribution < 1.29 is 27.4 Å². The van der Waals surface area contributed by atoms with Gasteiger partial charge in [-0.15, -0.1) is 6.42 Å². The number of benzene rings is 1. The molecule has 1 N–H and O–H groups in total. The number of amides is 1. The minimum atomic E-state index is -4.89. The van der Waals surface area contributed by atoms with Crippen LogP contribution in [-0.4, -0.2) is 32.8 Å². The fourth-order valence-corrected chi connectivity index (χ4v) is 1.67. The summed E-state index contributed by atoms with van der Waals surface area (Å²) in [5.74, 6) is 1.21. The monoisotopic (exact) mass is 301 g/mol. The van der Waals surface area contributed by atoms with E-state index in [1.807, 2.05) is 0 Å². The highest BCUT2D eigenvalue weighted by Gasteiger charge is 2.38. The summed E-state index contributed by atoms with van der Waals surface area (Å²) < 4.78 is 46.3. The van der Waals surface area contributed by atoms with Crippen molar-refractivity contribution in [1.29, 1.82) is 0 Å². The molecule has 0 radical (unpaired) electrons. The molecule has 0 atom stereocenters. The van der Waals surface area contributed by atoms with E-state index in [0.29, 0.717) is 22.6 Å². The maximum Gasteiger partial charge on any atom is 0.471 e. The van der Waals surface area contributed by atoms with Gasteiger partial charge in [-0.1, -0.05) is 5.92 Å². The first-order chi connectivity index (χ1) is 9.83. The van der Waals surface area contributed by atoms with E-state index in [-0.39, 0.29) is 13.0 Å². The number of rotatable bonds is 5. The van der Waals surface area contributed by atoms with Crippen molar-refractivity contribution in [3.05, 3.63) is 23.3 Å². The minimum absolute atomic E-state index is 0.167. The summed E-state index contributed by atoms with van der Waals surface area (Å²) in [4.78, 5) is 10.7. The summed E-state index contributed by atoms with van der Waals surface area (Å²) in [6.45, 7) is -0.167. The quantitative estimate of drug-likeness (QED) is 0.845. The largest absolute Gasteiger partial charge is 0.495 e. The lowest BCUT2D eigenvalue weighted by Crippen LogP contribution is -2.37. The highest BCUT2D eigenvalue weighted by molar-refractivity contribution is 5.81. The second-order valence-corrected chi connectivity index (χ2v) is 4.02. The van der Waals surface area contributed by atoms with Crippen LogP contribution in [0.5, 0.6) is 11.5 Å². The van der Waals surface area contributed by atoms with Crippen LogP contribution in [0.15, 0.2) is 12.1 Å². The van der Waals surface area contributed by atoms with Crippen LogP contribution in [0.3, 0.4) is 0 Å². The fourth-order valence-electron chi connectivity index (χ4n) is 1.67. The molecule has 0 aliphatic rings. The molecule has 0 fully saturated rings. The molecule has 114 valence electrons. The number of methoxy groups -OCH3 is 2. The van der Waals surface area contributed by atoms with E-state index in [2.05, 4.69) is 5.92 Å². The summed E-state index contributed by atoms with van der Waals surface area (Å²) in [6, 6.07) is 3.19. The average molecular weight is 301 g/mol. The van der Waals surface area contributed by atoms with Gasteiger partial charge in [-0.25, -0.2) is 0 Å². The molecule has 0 aliphatic heterocycles. The first-order valence-corrected chi connectivity index (χ1v) is 5.90. The number of halogens is 3. The molecule has 0 heterocycles. The molecule has 0 spiro atoms. The predicted octanol–water partition coefficient (Wildman–Crippen LogP) is 1.91. The molecule has 0 bridgehead atoms. The van der Waals surface area contributed by atoms with Crippen LogP contribution in [0.2, 0.25) is 0 Å². The summed E-state index contributed by atoms with van der Waals surface area (Å²) in [5.41, 5.74) is 1.05. The lowest BCUT2D eigenvalue weighted by molar-refractivity contribution is -0.173. The summed E-state index contributed by atoms with van der Waals surface area (Å²) >= 11 is 0. The van der Waals surface area contributed by atoms with Crippen LogP contribution in [0.4, 0.5) is 13.2 Å². The molecule has 1 amide bonds. The zero-order valence-electron chi connectivity index (χ0n) is 11.5. The molecule has 21 heavy (non-hydrogen) atoms. The third kappa shape index (κ3) is 4.31. The third-order valence-electron chi connectivity index (χ3n) is 2.67. The SMILES string of the molecule is C#Cc1c(OC)cc(CCNC(=O)C(F)(F)F)cc1OC. The number of alkyl halides is 3. The zero-order valence-corrected chi connectivity index (χ0v) is 11.5. The molecule has 0 saturated heterocycles. The van der Waals surface area contributed by atoms with E-state index >= 15 is 0 Å². The van der Waals surface area contributed by atoms with Crippen LogP contribution in [0.25, 0.3) is 0 Å². The summed E-state index contributed by atoms with van der Waals surface area (Å²) in [7, 11) is 2.84. The number of carbonyl (C=O) groups is 1. The van der Waals surface area contributed by atoms with Gasteiger partial charge in [0.1, 0.15) is 17.1 Å². The summed E-state index contributed by atoms with van der Waals surface area (Å²) in [5, 5.41) is 1.79. The first kappa shape index (κ1) is 16.7. The number of ether oxygens (including phenoxy) is 2. The Balaban J connectivity index is 2.81. The maximum absolute atomic E-state index is 12.0. The molecule has 7 heteroatoms. The number of nitrogens with one attached hydrogen (secondary N) is 1. The Labute approximate surface area is 120 Å². The molecule has 1 aromatic rings. The van der Waals surface area contributed by atoms with Gasteiger partial charge < -0.3 is 14.8 Å². The van der Waals surface area contributed by atoms with Crippen LogP contribution in [0.1, 0.15) is 11.1 Å². The molecular formula is C14H14F3NO3. The van der Waals surface area contributed by atoms with E-state index in [1.165, 1.54) is 14.2 Å². The molecule has 0 unspecified atom stereocenters. The Morgan fingerprint density at radius 2 is 1.81 bits per heavy atom. The summed E-state index contributed by atoms with van der Waals surface area (Å²) in [6.07, 6.45) is 0.642. The molecular weight excluding hydrogens is 287 g/mol. The number of carbonyl (C=O) groups excluding carboxylic acids is 1. The molecule has 0 aromatic heterocycles. The van der Waals surface area contributed by atoms with Crippen molar-refractivity contribution >= 4 is 5.91 Å². The standard InChI is InChI=1S/C14H14F3NO3/c1-4-10-11(20-2)7-9(8-12(10)21-3)5-6-18-13(19)14(15,16)17/h1,7-8H,5-6H2,2-3H3,(H,18,19). The normalized spacial score (nSPS) is 10.7. The van der Waals surface area contributed by atoms with E-state index in [0.717, 1.165) is 0 Å². The van der Waals surface area contributed by atoms with Crippen molar-refractivity contribution in [1.82, 2.24) is 5.32 Å². The highest BCUT2D eigenvalue weighted by atomic mass is 19.4. The van der Waals surface area contributed by atoms with Crippen molar-refractivity contribution in [2.24, 2.45) is 0 Å². The van der Waals surface area contributed by atoms with Crippen LogP contribution in [-0.2, 0) is 11.2 Å². The Kier molecular flexibility index (Phi) is 5.47. The van der Waals surface area contributed by atoms with Crippen molar-refractivity contribution in [2.45, 2.75) is 12.6 Å². The molecule has 0 saturated carbocycles. The minimum Gasteiger partial charge on any atom is -0.495 e. The van der Waals surface area contributed by atoms with E-state index in [4.69, 9.17) is 15.9 Å². The van der Waals surface area contributed by atoms with Gasteiger partial charge in [0, 0.05) is 6.54 Å². The van der Waals surface area contributed by atoms with Gasteiger partial charge in [0.25, 0.3) is 0 Å². The first-order valence-electron chi connectivity index (χ1n) is 5.90. The maximum atomic E-state index is 12.0. The zero-order chi connectivity index (χ0) is 16.0. The van der Waals surface area contributed by atoms with Crippen molar-refractivity contribution in [3.63, 3.8) is 0 Å². The molecule has 1 aromatic carbocycles. The molecule has 1 rings (SSSR count).